The summed E-state index contributed by atoms with van der Waals surface area (Å²) < 4.78 is 37.3. The Morgan fingerprint density at radius 3 is 2.14 bits per heavy atom. The van der Waals surface area contributed by atoms with Crippen LogP contribution in [0.2, 0.25) is 0 Å². The van der Waals surface area contributed by atoms with Gasteiger partial charge in [0.1, 0.15) is 11.5 Å². The van der Waals surface area contributed by atoms with Crippen LogP contribution >= 0.6 is 0 Å². The Labute approximate surface area is 172 Å². The molecule has 0 fully saturated rings. The van der Waals surface area contributed by atoms with Crippen LogP contribution in [0.5, 0.6) is 11.5 Å². The van der Waals surface area contributed by atoms with E-state index < -0.39 is 10.2 Å². The maximum atomic E-state index is 12.6. The van der Waals surface area contributed by atoms with Crippen LogP contribution in [-0.4, -0.2) is 54.0 Å². The van der Waals surface area contributed by atoms with E-state index in [-0.39, 0.29) is 11.9 Å². The normalized spacial score (nSPS) is 12.4. The van der Waals surface area contributed by atoms with E-state index in [1.54, 1.807) is 50.6 Å². The Morgan fingerprint density at radius 1 is 1.00 bits per heavy atom. The van der Waals surface area contributed by atoms with E-state index in [1.165, 1.54) is 21.1 Å². The average Bonchev–Trinajstić information content (AvgIpc) is 2.72. The highest BCUT2D eigenvalue weighted by atomic mass is 32.2. The molecule has 1 N–H and O–H groups in total. The summed E-state index contributed by atoms with van der Waals surface area (Å²) in [4.78, 5) is 12.6. The van der Waals surface area contributed by atoms with Crippen molar-refractivity contribution in [2.75, 3.05) is 39.7 Å². The summed E-state index contributed by atoms with van der Waals surface area (Å²) in [7, 11) is 3.93. The van der Waals surface area contributed by atoms with E-state index in [0.29, 0.717) is 22.7 Å². The van der Waals surface area contributed by atoms with Crippen molar-refractivity contribution in [3.63, 3.8) is 0 Å². The second-order valence-corrected chi connectivity index (χ2v) is 8.78. The van der Waals surface area contributed by atoms with Gasteiger partial charge in [-0.2, -0.15) is 12.7 Å². The Morgan fingerprint density at radius 2 is 1.62 bits per heavy atom. The summed E-state index contributed by atoms with van der Waals surface area (Å²) >= 11 is 0. The molecule has 0 aliphatic heterocycles. The first-order valence-electron chi connectivity index (χ1n) is 8.91. The van der Waals surface area contributed by atoms with Gasteiger partial charge >= 0.3 is 10.2 Å². The molecule has 1 atom stereocenters. The summed E-state index contributed by atoms with van der Waals surface area (Å²) in [6.45, 7) is 1.85. The van der Waals surface area contributed by atoms with E-state index in [0.717, 1.165) is 14.2 Å². The minimum atomic E-state index is -3.59. The van der Waals surface area contributed by atoms with Crippen molar-refractivity contribution in [3.05, 3.63) is 53.6 Å². The van der Waals surface area contributed by atoms with Gasteiger partial charge in [-0.25, -0.2) is 0 Å². The Balaban J connectivity index is 2.18. The average molecular weight is 422 g/mol. The lowest BCUT2D eigenvalue weighted by Gasteiger charge is -2.23. The zero-order valence-corrected chi connectivity index (χ0v) is 18.3. The third-order valence-corrected chi connectivity index (χ3v) is 6.38. The standard InChI is InChI=1S/C20H27N3O5S/c1-14(18-13-17(27-5)11-12-19(18)28-6)21-20(24)15-7-9-16(10-8-15)23(4)29(25,26)22(2)3/h7-14H,1-6H3,(H,21,24)/t14-/m0/s1. The van der Waals surface area contributed by atoms with Crippen molar-refractivity contribution in [1.82, 2.24) is 9.62 Å². The highest BCUT2D eigenvalue weighted by molar-refractivity contribution is 7.90. The predicted molar refractivity (Wildman–Crippen MR) is 113 cm³/mol. The van der Waals surface area contributed by atoms with E-state index in [2.05, 4.69) is 5.32 Å². The molecule has 0 radical (unpaired) electrons. The van der Waals surface area contributed by atoms with Crippen molar-refractivity contribution >= 4 is 21.8 Å². The van der Waals surface area contributed by atoms with Crippen LogP contribution < -0.4 is 19.1 Å². The number of carbonyl (C=O) groups excluding carboxylic acids is 1. The second kappa shape index (κ2) is 9.15. The number of methoxy groups -OCH3 is 2. The van der Waals surface area contributed by atoms with Gasteiger partial charge in [-0.15, -0.1) is 0 Å². The number of hydrogen-bond acceptors (Lipinski definition) is 5. The van der Waals surface area contributed by atoms with E-state index in [1.807, 2.05) is 13.0 Å². The maximum absolute atomic E-state index is 12.6. The van der Waals surface area contributed by atoms with Crippen molar-refractivity contribution in [1.29, 1.82) is 0 Å². The molecule has 29 heavy (non-hydrogen) atoms. The fourth-order valence-corrected chi connectivity index (χ4v) is 3.61. The lowest BCUT2D eigenvalue weighted by atomic mass is 10.1. The van der Waals surface area contributed by atoms with Crippen LogP contribution in [-0.2, 0) is 10.2 Å². The highest BCUT2D eigenvalue weighted by Crippen LogP contribution is 2.29. The summed E-state index contributed by atoms with van der Waals surface area (Å²) in [5.41, 5.74) is 1.66. The SMILES string of the molecule is COc1ccc(OC)c([C@H](C)NC(=O)c2ccc(N(C)S(=O)(=O)N(C)C)cc2)c1. The minimum Gasteiger partial charge on any atom is -0.497 e. The quantitative estimate of drug-likeness (QED) is 0.707. The monoisotopic (exact) mass is 421 g/mol. The summed E-state index contributed by atoms with van der Waals surface area (Å²) in [5, 5.41) is 2.92. The Bertz CT molecular complexity index is 959. The number of hydrogen-bond donors (Lipinski definition) is 1. The molecule has 0 spiro atoms. The smallest absolute Gasteiger partial charge is 0.303 e. The van der Waals surface area contributed by atoms with Gasteiger partial charge in [0.15, 0.2) is 0 Å². The van der Waals surface area contributed by atoms with Gasteiger partial charge in [-0.1, -0.05) is 0 Å². The molecule has 8 nitrogen and oxygen atoms in total. The number of carbonyl (C=O) groups is 1. The molecular formula is C20H27N3O5S. The molecule has 9 heteroatoms. The van der Waals surface area contributed by atoms with Crippen LogP contribution in [0.4, 0.5) is 5.69 Å². The summed E-state index contributed by atoms with van der Waals surface area (Å²) in [6.07, 6.45) is 0. The van der Waals surface area contributed by atoms with Gasteiger partial charge in [0, 0.05) is 32.3 Å². The number of ether oxygens (including phenoxy) is 2. The minimum absolute atomic E-state index is 0.285. The lowest BCUT2D eigenvalue weighted by Crippen LogP contribution is -2.37. The zero-order chi connectivity index (χ0) is 21.8. The maximum Gasteiger partial charge on any atom is 0.303 e. The largest absolute Gasteiger partial charge is 0.497 e. The number of nitrogens with one attached hydrogen (secondary N) is 1. The van der Waals surface area contributed by atoms with E-state index in [9.17, 15) is 13.2 Å². The van der Waals surface area contributed by atoms with Crippen LogP contribution in [0.1, 0.15) is 28.9 Å². The fraction of sp³-hybridized carbons (Fsp3) is 0.350. The van der Waals surface area contributed by atoms with Crippen molar-refractivity contribution < 1.29 is 22.7 Å². The van der Waals surface area contributed by atoms with E-state index in [4.69, 9.17) is 9.47 Å². The molecule has 0 saturated heterocycles. The molecule has 1 amide bonds. The molecular weight excluding hydrogens is 394 g/mol. The van der Waals surface area contributed by atoms with Gasteiger partial charge < -0.3 is 14.8 Å². The van der Waals surface area contributed by atoms with Crippen molar-refractivity contribution in [2.45, 2.75) is 13.0 Å². The van der Waals surface area contributed by atoms with Crippen LogP contribution in [0.25, 0.3) is 0 Å². The molecule has 2 aromatic rings. The lowest BCUT2D eigenvalue weighted by molar-refractivity contribution is 0.0939. The first kappa shape index (κ1) is 22.5. The van der Waals surface area contributed by atoms with Crippen LogP contribution in [0, 0.1) is 0 Å². The van der Waals surface area contributed by atoms with Crippen molar-refractivity contribution in [2.24, 2.45) is 0 Å². The molecule has 0 heterocycles. The van der Waals surface area contributed by atoms with E-state index >= 15 is 0 Å². The number of nitrogens with zero attached hydrogens (tertiary/aromatic N) is 2. The van der Waals surface area contributed by atoms with Gasteiger partial charge in [0.05, 0.1) is 25.9 Å². The fourth-order valence-electron chi connectivity index (χ4n) is 2.74. The molecule has 0 bridgehead atoms. The molecule has 0 aliphatic carbocycles. The number of anilines is 1. The molecule has 0 saturated carbocycles. The third kappa shape index (κ3) is 4.99. The molecule has 0 aromatic heterocycles. The van der Waals surface area contributed by atoms with Crippen molar-refractivity contribution in [3.8, 4) is 11.5 Å². The Kier molecular flexibility index (Phi) is 7.10. The predicted octanol–water partition coefficient (Wildman–Crippen LogP) is 2.44. The van der Waals surface area contributed by atoms with Gasteiger partial charge in [-0.3, -0.25) is 9.10 Å². The number of amides is 1. The third-order valence-electron chi connectivity index (χ3n) is 4.55. The molecule has 2 aromatic carbocycles. The van der Waals surface area contributed by atoms with Crippen LogP contribution in [0.3, 0.4) is 0 Å². The van der Waals surface area contributed by atoms with Gasteiger partial charge in [-0.05, 0) is 49.4 Å². The molecule has 0 aliphatic rings. The van der Waals surface area contributed by atoms with Gasteiger partial charge in [0.2, 0.25) is 0 Å². The van der Waals surface area contributed by atoms with Crippen LogP contribution in [0.15, 0.2) is 42.5 Å². The number of benzene rings is 2. The Hall–Kier alpha value is -2.78. The topological polar surface area (TPSA) is 88.2 Å². The first-order chi connectivity index (χ1) is 13.6. The second-order valence-electron chi connectivity index (χ2n) is 6.61. The summed E-state index contributed by atoms with van der Waals surface area (Å²) in [6, 6.07) is 11.4. The summed E-state index contributed by atoms with van der Waals surface area (Å²) in [5.74, 6) is 1.02. The molecule has 2 rings (SSSR count). The van der Waals surface area contributed by atoms with Gasteiger partial charge in [0.25, 0.3) is 5.91 Å². The molecule has 0 unspecified atom stereocenters. The number of rotatable bonds is 8. The molecule has 158 valence electrons. The first-order valence-corrected chi connectivity index (χ1v) is 10.3. The highest BCUT2D eigenvalue weighted by Gasteiger charge is 2.21. The zero-order valence-electron chi connectivity index (χ0n) is 17.5.